The Morgan fingerprint density at radius 2 is 2.18 bits per heavy atom. The summed E-state index contributed by atoms with van der Waals surface area (Å²) in [5.41, 5.74) is 0.884. The molecule has 64 valence electrons. The zero-order valence-corrected chi connectivity index (χ0v) is 7.35. The van der Waals surface area contributed by atoms with Crippen LogP contribution in [0.15, 0.2) is 12.2 Å². The van der Waals surface area contributed by atoms with Crippen molar-refractivity contribution in [2.75, 3.05) is 6.61 Å². The first-order valence-electron chi connectivity index (χ1n) is 3.96. The van der Waals surface area contributed by atoms with E-state index in [2.05, 4.69) is 6.58 Å². The highest BCUT2D eigenvalue weighted by Gasteiger charge is 2.00. The number of carbonyl (C=O) groups is 1. The number of unbranched alkanes of at least 4 members (excludes halogenated alkanes) is 1. The van der Waals surface area contributed by atoms with Crippen LogP contribution in [0.2, 0.25) is 0 Å². The fourth-order valence-corrected chi connectivity index (χ4v) is 0.597. The fraction of sp³-hybridized carbons (Fsp3) is 0.667. The molecule has 0 aliphatic heterocycles. The van der Waals surface area contributed by atoms with E-state index in [-0.39, 0.29) is 5.97 Å². The number of hydrogen-bond donors (Lipinski definition) is 0. The Morgan fingerprint density at radius 3 is 2.64 bits per heavy atom. The van der Waals surface area contributed by atoms with Crippen LogP contribution in [-0.4, -0.2) is 12.6 Å². The van der Waals surface area contributed by atoms with Gasteiger partial charge in [-0.2, -0.15) is 0 Å². The van der Waals surface area contributed by atoms with Crippen LogP contribution >= 0.6 is 0 Å². The van der Waals surface area contributed by atoms with Crippen molar-refractivity contribution in [3.8, 4) is 0 Å². The zero-order valence-electron chi connectivity index (χ0n) is 7.35. The summed E-state index contributed by atoms with van der Waals surface area (Å²) < 4.78 is 4.87. The molecule has 0 aliphatic rings. The highest BCUT2D eigenvalue weighted by atomic mass is 16.5. The second kappa shape index (κ2) is 5.96. The van der Waals surface area contributed by atoms with Gasteiger partial charge in [0.05, 0.1) is 0 Å². The van der Waals surface area contributed by atoms with Crippen molar-refractivity contribution in [3.05, 3.63) is 12.2 Å². The molecular weight excluding hydrogens is 140 g/mol. The minimum absolute atomic E-state index is 0.116. The van der Waals surface area contributed by atoms with E-state index in [0.717, 1.165) is 18.4 Å². The third-order valence-electron chi connectivity index (χ3n) is 1.21. The first-order chi connectivity index (χ1) is 5.16. The molecule has 0 unspecified atom stereocenters. The predicted octanol–water partition coefficient (Wildman–Crippen LogP) is 2.30. The molecule has 0 atom stereocenters. The van der Waals surface area contributed by atoms with E-state index >= 15 is 0 Å². The molecular formula is C9H16O2. The lowest BCUT2D eigenvalue weighted by Crippen LogP contribution is -2.05. The van der Waals surface area contributed by atoms with Crippen LogP contribution in [0.1, 0.15) is 33.1 Å². The fourth-order valence-electron chi connectivity index (χ4n) is 0.597. The molecule has 0 bridgehead atoms. The van der Waals surface area contributed by atoms with E-state index in [1.165, 1.54) is 0 Å². The van der Waals surface area contributed by atoms with Crippen LogP contribution in [0, 0.1) is 0 Å². The number of ether oxygens (including phenoxy) is 1. The lowest BCUT2D eigenvalue weighted by molar-refractivity contribution is -0.142. The molecule has 0 amide bonds. The maximum Gasteiger partial charge on any atom is 0.306 e. The van der Waals surface area contributed by atoms with Crippen molar-refractivity contribution in [1.82, 2.24) is 0 Å². The highest BCUT2D eigenvalue weighted by Crippen LogP contribution is 1.97. The smallest absolute Gasteiger partial charge is 0.306 e. The Kier molecular flexibility index (Phi) is 5.53. The summed E-state index contributed by atoms with van der Waals surface area (Å²) in [5, 5.41) is 0. The van der Waals surface area contributed by atoms with Crippen LogP contribution in [-0.2, 0) is 9.53 Å². The van der Waals surface area contributed by atoms with Crippen molar-refractivity contribution in [1.29, 1.82) is 0 Å². The van der Waals surface area contributed by atoms with Gasteiger partial charge in [0.1, 0.15) is 6.61 Å². The van der Waals surface area contributed by atoms with Crippen molar-refractivity contribution >= 4 is 5.97 Å². The van der Waals surface area contributed by atoms with Crippen molar-refractivity contribution < 1.29 is 9.53 Å². The summed E-state index contributed by atoms with van der Waals surface area (Å²) in [5.74, 6) is -0.116. The van der Waals surface area contributed by atoms with E-state index in [1.54, 1.807) is 0 Å². The Hall–Kier alpha value is -0.790. The number of hydrogen-bond acceptors (Lipinski definition) is 2. The molecule has 0 aromatic rings. The van der Waals surface area contributed by atoms with E-state index < -0.39 is 0 Å². The summed E-state index contributed by atoms with van der Waals surface area (Å²) in [6, 6.07) is 0. The average Bonchev–Trinajstić information content (AvgIpc) is 1.97. The topological polar surface area (TPSA) is 26.3 Å². The standard InChI is InChI=1S/C9H16O2/c1-4-5-6-9(10)11-7-8(2)3/h2,4-7H2,1,3H3. The Bertz CT molecular complexity index is 138. The maximum atomic E-state index is 10.8. The van der Waals surface area contributed by atoms with Gasteiger partial charge in [0.2, 0.25) is 0 Å². The molecule has 0 aromatic heterocycles. The third kappa shape index (κ3) is 7.10. The van der Waals surface area contributed by atoms with Crippen LogP contribution in [0.3, 0.4) is 0 Å². The molecule has 0 saturated heterocycles. The summed E-state index contributed by atoms with van der Waals surface area (Å²) >= 11 is 0. The first-order valence-corrected chi connectivity index (χ1v) is 3.96. The van der Waals surface area contributed by atoms with Gasteiger partial charge >= 0.3 is 5.97 Å². The number of esters is 1. The molecule has 0 heterocycles. The molecule has 11 heavy (non-hydrogen) atoms. The van der Waals surface area contributed by atoms with Gasteiger partial charge in [0.25, 0.3) is 0 Å². The van der Waals surface area contributed by atoms with Crippen molar-refractivity contribution in [2.24, 2.45) is 0 Å². The minimum atomic E-state index is -0.116. The predicted molar refractivity (Wildman–Crippen MR) is 45.3 cm³/mol. The Morgan fingerprint density at radius 1 is 1.55 bits per heavy atom. The average molecular weight is 156 g/mol. The molecule has 0 rings (SSSR count). The molecule has 0 radical (unpaired) electrons. The van der Waals surface area contributed by atoms with Crippen molar-refractivity contribution in [2.45, 2.75) is 33.1 Å². The molecule has 0 saturated carbocycles. The summed E-state index contributed by atoms with van der Waals surface area (Å²) in [6.45, 7) is 7.88. The summed E-state index contributed by atoms with van der Waals surface area (Å²) in [6.07, 6.45) is 2.47. The lowest BCUT2D eigenvalue weighted by Gasteiger charge is -2.02. The second-order valence-corrected chi connectivity index (χ2v) is 2.72. The SMILES string of the molecule is C=C(C)COC(=O)CCCC. The first kappa shape index (κ1) is 10.2. The Balaban J connectivity index is 3.30. The molecule has 2 heteroatoms. The molecule has 2 nitrogen and oxygen atoms in total. The number of carbonyl (C=O) groups excluding carboxylic acids is 1. The highest BCUT2D eigenvalue weighted by molar-refractivity contribution is 5.69. The minimum Gasteiger partial charge on any atom is -0.461 e. The van der Waals surface area contributed by atoms with Crippen LogP contribution in [0.25, 0.3) is 0 Å². The van der Waals surface area contributed by atoms with E-state index in [9.17, 15) is 4.79 Å². The maximum absolute atomic E-state index is 10.8. The van der Waals surface area contributed by atoms with Gasteiger partial charge in [0.15, 0.2) is 0 Å². The monoisotopic (exact) mass is 156 g/mol. The van der Waals surface area contributed by atoms with Gasteiger partial charge < -0.3 is 4.74 Å². The van der Waals surface area contributed by atoms with Gasteiger partial charge in [0, 0.05) is 6.42 Å². The van der Waals surface area contributed by atoms with Gasteiger partial charge in [-0.05, 0) is 18.9 Å². The third-order valence-corrected chi connectivity index (χ3v) is 1.21. The molecule has 0 aliphatic carbocycles. The summed E-state index contributed by atoms with van der Waals surface area (Å²) in [4.78, 5) is 10.8. The van der Waals surface area contributed by atoms with Crippen LogP contribution in [0.4, 0.5) is 0 Å². The van der Waals surface area contributed by atoms with Crippen LogP contribution in [0.5, 0.6) is 0 Å². The van der Waals surface area contributed by atoms with Gasteiger partial charge in [-0.3, -0.25) is 4.79 Å². The van der Waals surface area contributed by atoms with Gasteiger partial charge in [-0.1, -0.05) is 19.9 Å². The zero-order chi connectivity index (χ0) is 8.69. The van der Waals surface area contributed by atoms with Gasteiger partial charge in [-0.25, -0.2) is 0 Å². The van der Waals surface area contributed by atoms with E-state index in [0.29, 0.717) is 13.0 Å². The Labute approximate surface area is 68.2 Å². The molecule has 0 aromatic carbocycles. The quantitative estimate of drug-likeness (QED) is 0.451. The molecule has 0 fully saturated rings. The normalized spacial score (nSPS) is 9.27. The van der Waals surface area contributed by atoms with Crippen molar-refractivity contribution in [3.63, 3.8) is 0 Å². The van der Waals surface area contributed by atoms with E-state index in [4.69, 9.17) is 4.74 Å². The largest absolute Gasteiger partial charge is 0.461 e. The molecule has 0 N–H and O–H groups in total. The second-order valence-electron chi connectivity index (χ2n) is 2.72. The van der Waals surface area contributed by atoms with Gasteiger partial charge in [-0.15, -0.1) is 0 Å². The van der Waals surface area contributed by atoms with Crippen LogP contribution < -0.4 is 0 Å². The van der Waals surface area contributed by atoms with E-state index in [1.807, 2.05) is 13.8 Å². The molecule has 0 spiro atoms. The number of rotatable bonds is 5. The lowest BCUT2D eigenvalue weighted by atomic mass is 10.2. The summed E-state index contributed by atoms with van der Waals surface area (Å²) in [7, 11) is 0.